The van der Waals surface area contributed by atoms with Crippen molar-refractivity contribution in [2.75, 3.05) is 32.7 Å². The third-order valence-electron chi connectivity index (χ3n) is 6.59. The molecule has 152 valence electrons. The number of benzene rings is 1. The molecule has 1 amide bonds. The molecule has 2 aliphatic heterocycles. The summed E-state index contributed by atoms with van der Waals surface area (Å²) in [5, 5.41) is 9.98. The summed E-state index contributed by atoms with van der Waals surface area (Å²) in [6.45, 7) is 6.52. The van der Waals surface area contributed by atoms with E-state index in [1.54, 1.807) is 0 Å². The minimum atomic E-state index is 0.140. The number of nitrogens with zero attached hydrogens (tertiary/aromatic N) is 5. The van der Waals surface area contributed by atoms with Gasteiger partial charge in [0.25, 0.3) is 5.91 Å². The number of amides is 1. The van der Waals surface area contributed by atoms with Crippen LogP contribution in [-0.2, 0) is 13.5 Å². The van der Waals surface area contributed by atoms with Crippen LogP contribution in [-0.4, -0.2) is 63.4 Å². The number of piperidine rings is 1. The number of aryl methyl sites for hydroxylation is 1. The molecule has 7 heteroatoms. The normalized spacial score (nSPS) is 18.6. The quantitative estimate of drug-likeness (QED) is 0.682. The predicted octanol–water partition coefficient (Wildman–Crippen LogP) is 2.75. The number of hydrogen-bond donors (Lipinski definition) is 0. The van der Waals surface area contributed by atoms with Crippen LogP contribution >= 0.6 is 0 Å². The molecule has 1 fully saturated rings. The molecule has 5 rings (SSSR count). The average molecular weight is 393 g/mol. The zero-order valence-electron chi connectivity index (χ0n) is 17.1. The van der Waals surface area contributed by atoms with Gasteiger partial charge in [0, 0.05) is 50.1 Å². The standard InChI is InChI=1S/C22H27N5O2/c1-15-20-18(23-25(15)2)9-12-27(22(20)28)14-13-26-10-7-16(8-11-26)21-17-5-3-4-6-19(17)29-24-21/h3-6,16H,7-14H2,1-2H3. The van der Waals surface area contributed by atoms with Crippen LogP contribution in [0.25, 0.3) is 11.0 Å². The number of hydrogen-bond acceptors (Lipinski definition) is 5. The molecule has 1 aromatic carbocycles. The van der Waals surface area contributed by atoms with Crippen molar-refractivity contribution < 1.29 is 9.32 Å². The maximum atomic E-state index is 12.9. The number of carbonyl (C=O) groups is 1. The van der Waals surface area contributed by atoms with Gasteiger partial charge in [-0.15, -0.1) is 0 Å². The van der Waals surface area contributed by atoms with Crippen molar-refractivity contribution in [2.24, 2.45) is 7.05 Å². The summed E-state index contributed by atoms with van der Waals surface area (Å²) in [5.74, 6) is 0.591. The number of para-hydroxylation sites is 1. The van der Waals surface area contributed by atoms with Crippen molar-refractivity contribution in [3.8, 4) is 0 Å². The first-order valence-electron chi connectivity index (χ1n) is 10.5. The van der Waals surface area contributed by atoms with Gasteiger partial charge in [0.1, 0.15) is 0 Å². The first-order valence-corrected chi connectivity index (χ1v) is 10.5. The fourth-order valence-electron chi connectivity index (χ4n) is 4.74. The molecule has 1 saturated heterocycles. The summed E-state index contributed by atoms with van der Waals surface area (Å²) in [7, 11) is 1.91. The molecule has 2 aliphatic rings. The van der Waals surface area contributed by atoms with Gasteiger partial charge < -0.3 is 14.3 Å². The Labute approximate surface area is 170 Å². The fourth-order valence-corrected chi connectivity index (χ4v) is 4.74. The topological polar surface area (TPSA) is 67.4 Å². The van der Waals surface area contributed by atoms with Crippen LogP contribution in [0.15, 0.2) is 28.8 Å². The Morgan fingerprint density at radius 3 is 2.76 bits per heavy atom. The largest absolute Gasteiger partial charge is 0.356 e. The summed E-state index contributed by atoms with van der Waals surface area (Å²) in [6, 6.07) is 8.11. The first-order chi connectivity index (χ1) is 14.1. The molecule has 0 bridgehead atoms. The second-order valence-corrected chi connectivity index (χ2v) is 8.25. The van der Waals surface area contributed by atoms with Gasteiger partial charge in [0.2, 0.25) is 0 Å². The van der Waals surface area contributed by atoms with Crippen molar-refractivity contribution in [3.63, 3.8) is 0 Å². The minimum absolute atomic E-state index is 0.140. The third-order valence-corrected chi connectivity index (χ3v) is 6.59. The number of likely N-dealkylation sites (tertiary alicyclic amines) is 1. The number of rotatable bonds is 4. The molecule has 0 atom stereocenters. The van der Waals surface area contributed by atoms with E-state index in [-0.39, 0.29) is 5.91 Å². The van der Waals surface area contributed by atoms with Crippen LogP contribution in [0.4, 0.5) is 0 Å². The van der Waals surface area contributed by atoms with Crippen molar-refractivity contribution in [1.82, 2.24) is 24.7 Å². The van der Waals surface area contributed by atoms with E-state index in [0.717, 1.165) is 85.6 Å². The lowest BCUT2D eigenvalue weighted by Gasteiger charge is -2.34. The molecule has 0 saturated carbocycles. The highest BCUT2D eigenvalue weighted by Crippen LogP contribution is 2.32. The van der Waals surface area contributed by atoms with Crippen molar-refractivity contribution in [2.45, 2.75) is 32.1 Å². The Kier molecular flexibility index (Phi) is 4.62. The number of aromatic nitrogens is 3. The van der Waals surface area contributed by atoms with E-state index < -0.39 is 0 Å². The van der Waals surface area contributed by atoms with E-state index in [4.69, 9.17) is 4.52 Å². The van der Waals surface area contributed by atoms with Crippen molar-refractivity contribution in [3.05, 3.63) is 46.9 Å². The van der Waals surface area contributed by atoms with E-state index in [1.165, 1.54) is 0 Å². The maximum Gasteiger partial charge on any atom is 0.257 e. The minimum Gasteiger partial charge on any atom is -0.356 e. The van der Waals surface area contributed by atoms with E-state index in [0.29, 0.717) is 5.92 Å². The summed E-state index contributed by atoms with van der Waals surface area (Å²) < 4.78 is 7.32. The summed E-state index contributed by atoms with van der Waals surface area (Å²) in [5.41, 5.74) is 4.71. The van der Waals surface area contributed by atoms with Gasteiger partial charge in [-0.05, 0) is 45.0 Å². The summed E-state index contributed by atoms with van der Waals surface area (Å²) >= 11 is 0. The number of fused-ring (bicyclic) bond motifs is 2. The highest BCUT2D eigenvalue weighted by Gasteiger charge is 2.30. The molecule has 0 spiro atoms. The Hall–Kier alpha value is -2.67. The molecular weight excluding hydrogens is 366 g/mol. The highest BCUT2D eigenvalue weighted by molar-refractivity contribution is 5.97. The van der Waals surface area contributed by atoms with Gasteiger partial charge in [-0.1, -0.05) is 17.3 Å². The number of carbonyl (C=O) groups excluding carboxylic acids is 1. The zero-order chi connectivity index (χ0) is 20.0. The second kappa shape index (κ2) is 7.30. The van der Waals surface area contributed by atoms with Crippen LogP contribution in [0.1, 0.15) is 46.2 Å². The predicted molar refractivity (Wildman–Crippen MR) is 110 cm³/mol. The van der Waals surface area contributed by atoms with Crippen LogP contribution in [0.2, 0.25) is 0 Å². The molecule has 7 nitrogen and oxygen atoms in total. The molecule has 0 N–H and O–H groups in total. The van der Waals surface area contributed by atoms with Crippen molar-refractivity contribution >= 4 is 16.9 Å². The average Bonchev–Trinajstić information content (AvgIpc) is 3.29. The lowest BCUT2D eigenvalue weighted by molar-refractivity contribution is 0.0709. The Morgan fingerprint density at radius 1 is 1.14 bits per heavy atom. The van der Waals surface area contributed by atoms with Crippen LogP contribution in [0.5, 0.6) is 0 Å². The van der Waals surface area contributed by atoms with Crippen LogP contribution < -0.4 is 0 Å². The third kappa shape index (κ3) is 3.23. The first kappa shape index (κ1) is 18.4. The summed E-state index contributed by atoms with van der Waals surface area (Å²) in [6.07, 6.45) is 3.01. The maximum absolute atomic E-state index is 12.9. The van der Waals surface area contributed by atoms with Crippen LogP contribution in [0.3, 0.4) is 0 Å². The zero-order valence-corrected chi connectivity index (χ0v) is 17.1. The van der Waals surface area contributed by atoms with Gasteiger partial charge in [-0.3, -0.25) is 9.48 Å². The Morgan fingerprint density at radius 2 is 1.93 bits per heavy atom. The SMILES string of the molecule is Cc1c2c(nn1C)CCN(CCN1CCC(c3noc4ccccc34)CC1)C2=O. The molecule has 0 aliphatic carbocycles. The Balaban J connectivity index is 1.18. The lowest BCUT2D eigenvalue weighted by Crippen LogP contribution is -2.44. The van der Waals surface area contributed by atoms with E-state index in [1.807, 2.05) is 41.8 Å². The monoisotopic (exact) mass is 393 g/mol. The van der Waals surface area contributed by atoms with Gasteiger partial charge in [-0.2, -0.15) is 5.10 Å². The van der Waals surface area contributed by atoms with Crippen molar-refractivity contribution in [1.29, 1.82) is 0 Å². The molecule has 0 unspecified atom stereocenters. The summed E-state index contributed by atoms with van der Waals surface area (Å²) in [4.78, 5) is 17.4. The fraction of sp³-hybridized carbons (Fsp3) is 0.500. The van der Waals surface area contributed by atoms with E-state index >= 15 is 0 Å². The lowest BCUT2D eigenvalue weighted by atomic mass is 9.91. The van der Waals surface area contributed by atoms with Gasteiger partial charge in [0.15, 0.2) is 5.58 Å². The molecule has 3 aromatic rings. The van der Waals surface area contributed by atoms with E-state index in [9.17, 15) is 4.79 Å². The molecule has 4 heterocycles. The molecule has 2 aromatic heterocycles. The highest BCUT2D eigenvalue weighted by atomic mass is 16.5. The van der Waals surface area contributed by atoms with Gasteiger partial charge in [0.05, 0.1) is 17.0 Å². The molecule has 0 radical (unpaired) electrons. The van der Waals surface area contributed by atoms with E-state index in [2.05, 4.69) is 21.2 Å². The van der Waals surface area contributed by atoms with Crippen LogP contribution in [0, 0.1) is 6.92 Å². The Bertz CT molecular complexity index is 1040. The molecule has 29 heavy (non-hydrogen) atoms. The van der Waals surface area contributed by atoms with Gasteiger partial charge >= 0.3 is 0 Å². The second-order valence-electron chi connectivity index (χ2n) is 8.25. The molecular formula is C22H27N5O2. The van der Waals surface area contributed by atoms with Gasteiger partial charge in [-0.25, -0.2) is 0 Å². The smallest absolute Gasteiger partial charge is 0.257 e.